The molecular formula is C72H141NO5. The van der Waals surface area contributed by atoms with Crippen LogP contribution < -0.4 is 5.32 Å². The van der Waals surface area contributed by atoms with Crippen LogP contribution >= 0.6 is 0 Å². The molecule has 0 saturated carbocycles. The van der Waals surface area contributed by atoms with Crippen LogP contribution in [0, 0.1) is 0 Å². The van der Waals surface area contributed by atoms with Crippen LogP contribution in [0.25, 0.3) is 0 Å². The normalized spacial score (nSPS) is 13.6. The summed E-state index contributed by atoms with van der Waals surface area (Å²) < 4.78 is 0. The van der Waals surface area contributed by atoms with Crippen molar-refractivity contribution in [1.82, 2.24) is 5.32 Å². The maximum absolute atomic E-state index is 12.7. The van der Waals surface area contributed by atoms with Gasteiger partial charge < -0.3 is 25.7 Å². The third-order valence-electron chi connectivity index (χ3n) is 17.2. The first-order valence-corrected chi connectivity index (χ1v) is 35.7. The van der Waals surface area contributed by atoms with Crippen LogP contribution in [-0.2, 0) is 4.79 Å². The molecule has 0 bridgehead atoms. The van der Waals surface area contributed by atoms with Gasteiger partial charge in [0.25, 0.3) is 0 Å². The van der Waals surface area contributed by atoms with Gasteiger partial charge >= 0.3 is 0 Å². The Bertz CT molecular complexity index is 1190. The minimum atomic E-state index is -1.26. The Morgan fingerprint density at radius 3 is 0.808 bits per heavy atom. The summed E-state index contributed by atoms with van der Waals surface area (Å²) in [6.45, 7) is 4.11. The Balaban J connectivity index is 3.52. The Kier molecular flexibility index (Phi) is 65.6. The van der Waals surface area contributed by atoms with E-state index < -0.39 is 36.9 Å². The SMILES string of the molecule is CCCCCCCCCCCCCCCCC/C=C\C/C=C\CCCCCCCCCCCCCCCCCCC(O)C(=O)NC(CO)C(O)C(O)CCCCCCCCCCCCCCCCCCCCCCCCCC. The molecule has 0 saturated heterocycles. The lowest BCUT2D eigenvalue weighted by Gasteiger charge is -2.27. The van der Waals surface area contributed by atoms with E-state index in [-0.39, 0.29) is 0 Å². The van der Waals surface area contributed by atoms with Gasteiger partial charge in [0.05, 0.1) is 18.8 Å². The van der Waals surface area contributed by atoms with Gasteiger partial charge in [0.2, 0.25) is 5.91 Å². The molecular weight excluding hydrogens is 959 g/mol. The number of nitrogens with one attached hydrogen (secondary N) is 1. The van der Waals surface area contributed by atoms with Crippen LogP contribution in [0.2, 0.25) is 0 Å². The lowest BCUT2D eigenvalue weighted by molar-refractivity contribution is -0.132. The van der Waals surface area contributed by atoms with Gasteiger partial charge in [-0.05, 0) is 44.9 Å². The summed E-state index contributed by atoms with van der Waals surface area (Å²) in [5.74, 6) is -0.576. The fourth-order valence-electron chi connectivity index (χ4n) is 11.6. The smallest absolute Gasteiger partial charge is 0.249 e. The lowest BCUT2D eigenvalue weighted by atomic mass is 9.99. The van der Waals surface area contributed by atoms with Gasteiger partial charge in [0.1, 0.15) is 12.2 Å². The Morgan fingerprint density at radius 1 is 0.321 bits per heavy atom. The predicted octanol–water partition coefficient (Wildman–Crippen LogP) is 22.1. The van der Waals surface area contributed by atoms with Crippen molar-refractivity contribution in [3.8, 4) is 0 Å². The largest absolute Gasteiger partial charge is 0.394 e. The molecule has 0 aliphatic rings. The molecule has 464 valence electrons. The molecule has 4 atom stereocenters. The molecule has 0 radical (unpaired) electrons. The Morgan fingerprint density at radius 2 is 0.551 bits per heavy atom. The van der Waals surface area contributed by atoms with Crippen molar-refractivity contribution in [2.45, 2.75) is 423 Å². The highest BCUT2D eigenvalue weighted by Gasteiger charge is 2.28. The summed E-state index contributed by atoms with van der Waals surface area (Å²) in [4.78, 5) is 12.7. The van der Waals surface area contributed by atoms with Crippen LogP contribution in [0.15, 0.2) is 24.3 Å². The van der Waals surface area contributed by atoms with E-state index in [1.807, 2.05) is 0 Å². The zero-order chi connectivity index (χ0) is 56.6. The summed E-state index contributed by atoms with van der Waals surface area (Å²) in [6.07, 6.45) is 84.5. The number of amides is 1. The molecule has 0 aromatic heterocycles. The summed E-state index contributed by atoms with van der Waals surface area (Å²) in [7, 11) is 0. The number of rotatable bonds is 67. The number of unbranched alkanes of at least 4 members (excludes halogenated alkanes) is 54. The number of hydrogen-bond acceptors (Lipinski definition) is 5. The number of carbonyl (C=O) groups is 1. The topological polar surface area (TPSA) is 110 Å². The second-order valence-corrected chi connectivity index (χ2v) is 24.9. The Labute approximate surface area is 488 Å². The Hall–Kier alpha value is -1.21. The minimum Gasteiger partial charge on any atom is -0.394 e. The van der Waals surface area contributed by atoms with Gasteiger partial charge in [0.15, 0.2) is 0 Å². The maximum atomic E-state index is 12.7. The van der Waals surface area contributed by atoms with E-state index in [1.165, 1.54) is 327 Å². The van der Waals surface area contributed by atoms with Crippen molar-refractivity contribution in [1.29, 1.82) is 0 Å². The quantitative estimate of drug-likeness (QED) is 0.0308. The second-order valence-electron chi connectivity index (χ2n) is 24.9. The van der Waals surface area contributed by atoms with Gasteiger partial charge in [-0.15, -0.1) is 0 Å². The van der Waals surface area contributed by atoms with Crippen molar-refractivity contribution in [3.05, 3.63) is 24.3 Å². The van der Waals surface area contributed by atoms with Gasteiger partial charge in [-0.25, -0.2) is 0 Å². The van der Waals surface area contributed by atoms with E-state index in [0.29, 0.717) is 12.8 Å². The third kappa shape index (κ3) is 59.4. The summed E-state index contributed by atoms with van der Waals surface area (Å²) >= 11 is 0. The highest BCUT2D eigenvalue weighted by Crippen LogP contribution is 2.20. The average Bonchev–Trinajstić information content (AvgIpc) is 3.45. The molecule has 0 aromatic rings. The minimum absolute atomic E-state index is 0.372. The monoisotopic (exact) mass is 1100 g/mol. The van der Waals surface area contributed by atoms with E-state index in [2.05, 4.69) is 43.5 Å². The molecule has 0 spiro atoms. The van der Waals surface area contributed by atoms with E-state index in [9.17, 15) is 25.2 Å². The number of aliphatic hydroxyl groups excluding tert-OH is 4. The van der Waals surface area contributed by atoms with Gasteiger partial charge in [-0.3, -0.25) is 4.79 Å². The summed E-state index contributed by atoms with van der Waals surface area (Å²) in [5.41, 5.74) is 0. The lowest BCUT2D eigenvalue weighted by Crippen LogP contribution is -2.53. The second kappa shape index (κ2) is 66.6. The predicted molar refractivity (Wildman–Crippen MR) is 344 cm³/mol. The van der Waals surface area contributed by atoms with E-state index in [1.54, 1.807) is 0 Å². The summed E-state index contributed by atoms with van der Waals surface area (Å²) in [5, 5.41) is 44.3. The molecule has 0 fully saturated rings. The number of hydrogen-bond donors (Lipinski definition) is 5. The number of carbonyl (C=O) groups excluding carboxylic acids is 1. The molecule has 6 nitrogen and oxygen atoms in total. The highest BCUT2D eigenvalue weighted by atomic mass is 16.3. The molecule has 0 aromatic carbocycles. The maximum Gasteiger partial charge on any atom is 0.249 e. The first-order valence-electron chi connectivity index (χ1n) is 35.7. The van der Waals surface area contributed by atoms with Crippen molar-refractivity contribution in [3.63, 3.8) is 0 Å². The fraction of sp³-hybridized carbons (Fsp3) is 0.931. The molecule has 0 rings (SSSR count). The molecule has 5 N–H and O–H groups in total. The van der Waals surface area contributed by atoms with Crippen LogP contribution in [0.3, 0.4) is 0 Å². The molecule has 0 aliphatic heterocycles. The van der Waals surface area contributed by atoms with Gasteiger partial charge in [-0.2, -0.15) is 0 Å². The molecule has 0 heterocycles. The van der Waals surface area contributed by atoms with Gasteiger partial charge in [0, 0.05) is 0 Å². The van der Waals surface area contributed by atoms with Crippen molar-refractivity contribution >= 4 is 5.91 Å². The zero-order valence-corrected chi connectivity index (χ0v) is 52.9. The average molecular weight is 1100 g/mol. The van der Waals surface area contributed by atoms with E-state index in [4.69, 9.17) is 0 Å². The van der Waals surface area contributed by atoms with E-state index >= 15 is 0 Å². The van der Waals surface area contributed by atoms with E-state index in [0.717, 1.165) is 44.9 Å². The van der Waals surface area contributed by atoms with Crippen molar-refractivity contribution in [2.24, 2.45) is 0 Å². The first-order chi connectivity index (χ1) is 38.5. The van der Waals surface area contributed by atoms with Crippen LogP contribution in [-0.4, -0.2) is 57.3 Å². The van der Waals surface area contributed by atoms with Crippen LogP contribution in [0.4, 0.5) is 0 Å². The molecule has 0 aliphatic carbocycles. The first kappa shape index (κ1) is 76.8. The van der Waals surface area contributed by atoms with Crippen molar-refractivity contribution in [2.75, 3.05) is 6.61 Å². The number of aliphatic hydroxyl groups is 4. The third-order valence-corrected chi connectivity index (χ3v) is 17.2. The van der Waals surface area contributed by atoms with Crippen LogP contribution in [0.5, 0.6) is 0 Å². The van der Waals surface area contributed by atoms with Crippen molar-refractivity contribution < 1.29 is 25.2 Å². The zero-order valence-electron chi connectivity index (χ0n) is 52.9. The summed E-state index contributed by atoms with van der Waals surface area (Å²) in [6, 6.07) is -0.985. The molecule has 6 heteroatoms. The molecule has 78 heavy (non-hydrogen) atoms. The van der Waals surface area contributed by atoms with Gasteiger partial charge in [-0.1, -0.05) is 378 Å². The number of allylic oxidation sites excluding steroid dienone is 4. The van der Waals surface area contributed by atoms with Crippen LogP contribution in [0.1, 0.15) is 399 Å². The molecule has 4 unspecified atom stereocenters. The highest BCUT2D eigenvalue weighted by molar-refractivity contribution is 5.80. The standard InChI is InChI=1S/C72H141NO5/c1-3-5-7-9-11-13-15-17-19-21-23-25-27-29-30-31-32-33-34-35-36-37-38-39-40-41-42-44-46-48-50-52-54-56-58-60-62-64-66-70(76)72(78)73-68(67-74)71(77)69(75)65-63-61-59-57-55-53-51-49-47-45-43-28-26-24-22-20-18-16-14-12-10-8-6-4-2/h32-33,35-36,68-71,74-77H,3-31,34,37-67H2,1-2H3,(H,73,78)/b33-32-,36-35-. The fourth-order valence-corrected chi connectivity index (χ4v) is 11.6. The molecule has 1 amide bonds.